The van der Waals surface area contributed by atoms with E-state index in [4.69, 9.17) is 4.74 Å². The van der Waals surface area contributed by atoms with Crippen molar-refractivity contribution in [2.24, 2.45) is 0 Å². The molecule has 1 atom stereocenters. The minimum Gasteiger partial charge on any atom is -0.496 e. The number of thioether (sulfide) groups is 1. The molecule has 5 heteroatoms. The third kappa shape index (κ3) is 3.50. The van der Waals surface area contributed by atoms with Crippen LogP contribution in [0.25, 0.3) is 0 Å². The summed E-state index contributed by atoms with van der Waals surface area (Å²) in [6.07, 6.45) is 1.05. The molecular weight excluding hydrogens is 313 g/mol. The summed E-state index contributed by atoms with van der Waals surface area (Å²) >= 11 is 1.51. The molecule has 1 aliphatic heterocycles. The SMILES string of the molecule is COc1ccccc1CC(=O)NC1CCSc2c(F)cccc21. The Bertz CT molecular complexity index is 720. The number of halogens is 1. The van der Waals surface area contributed by atoms with Gasteiger partial charge in [0.25, 0.3) is 0 Å². The summed E-state index contributed by atoms with van der Waals surface area (Å²) in [7, 11) is 1.59. The molecule has 23 heavy (non-hydrogen) atoms. The summed E-state index contributed by atoms with van der Waals surface area (Å²) < 4.78 is 19.2. The van der Waals surface area contributed by atoms with Crippen molar-refractivity contribution in [2.45, 2.75) is 23.8 Å². The van der Waals surface area contributed by atoms with Crippen LogP contribution in [-0.4, -0.2) is 18.8 Å². The maximum absolute atomic E-state index is 13.9. The maximum atomic E-state index is 13.9. The van der Waals surface area contributed by atoms with E-state index in [1.807, 2.05) is 30.3 Å². The highest BCUT2D eigenvalue weighted by Crippen LogP contribution is 2.37. The molecule has 3 rings (SSSR count). The molecule has 1 heterocycles. The number of benzene rings is 2. The molecule has 0 saturated carbocycles. The zero-order valence-electron chi connectivity index (χ0n) is 12.8. The van der Waals surface area contributed by atoms with E-state index in [1.165, 1.54) is 17.8 Å². The van der Waals surface area contributed by atoms with E-state index in [2.05, 4.69) is 5.32 Å². The Hall–Kier alpha value is -2.01. The van der Waals surface area contributed by atoms with Crippen LogP contribution in [0.2, 0.25) is 0 Å². The molecule has 1 amide bonds. The van der Waals surface area contributed by atoms with Crippen molar-refractivity contribution in [2.75, 3.05) is 12.9 Å². The predicted molar refractivity (Wildman–Crippen MR) is 89.3 cm³/mol. The van der Waals surface area contributed by atoms with Gasteiger partial charge in [-0.1, -0.05) is 30.3 Å². The number of amides is 1. The van der Waals surface area contributed by atoms with Crippen LogP contribution in [0, 0.1) is 5.82 Å². The molecule has 0 aromatic heterocycles. The Kier molecular flexibility index (Phi) is 4.86. The highest BCUT2D eigenvalue weighted by atomic mass is 32.2. The van der Waals surface area contributed by atoms with Crippen molar-refractivity contribution in [3.05, 3.63) is 59.4 Å². The number of fused-ring (bicyclic) bond motifs is 1. The molecule has 3 nitrogen and oxygen atoms in total. The van der Waals surface area contributed by atoms with Gasteiger partial charge in [0, 0.05) is 16.2 Å². The van der Waals surface area contributed by atoms with E-state index in [0.29, 0.717) is 10.6 Å². The van der Waals surface area contributed by atoms with E-state index in [0.717, 1.165) is 23.3 Å². The predicted octanol–water partition coefficient (Wildman–Crippen LogP) is 3.73. The van der Waals surface area contributed by atoms with Crippen molar-refractivity contribution in [1.29, 1.82) is 0 Å². The Morgan fingerprint density at radius 3 is 2.96 bits per heavy atom. The van der Waals surface area contributed by atoms with E-state index < -0.39 is 0 Å². The number of nitrogens with one attached hydrogen (secondary N) is 1. The van der Waals surface area contributed by atoms with Gasteiger partial charge in [-0.05, 0) is 24.1 Å². The number of hydrogen-bond acceptors (Lipinski definition) is 3. The Morgan fingerprint density at radius 1 is 1.30 bits per heavy atom. The van der Waals surface area contributed by atoms with E-state index in [1.54, 1.807) is 13.2 Å². The lowest BCUT2D eigenvalue weighted by Crippen LogP contribution is -2.32. The van der Waals surface area contributed by atoms with Gasteiger partial charge in [0.1, 0.15) is 11.6 Å². The minimum atomic E-state index is -0.212. The first-order valence-electron chi connectivity index (χ1n) is 7.51. The molecule has 2 aromatic rings. The fourth-order valence-electron chi connectivity index (χ4n) is 2.80. The monoisotopic (exact) mass is 331 g/mol. The first-order valence-corrected chi connectivity index (χ1v) is 8.50. The molecule has 120 valence electrons. The van der Waals surface area contributed by atoms with Crippen LogP contribution < -0.4 is 10.1 Å². The summed E-state index contributed by atoms with van der Waals surface area (Å²) in [6.45, 7) is 0. The first kappa shape index (κ1) is 15.9. The number of carbonyl (C=O) groups is 1. The number of ether oxygens (including phenoxy) is 1. The number of hydrogen-bond donors (Lipinski definition) is 1. The van der Waals surface area contributed by atoms with Crippen molar-refractivity contribution < 1.29 is 13.9 Å². The quantitative estimate of drug-likeness (QED) is 0.928. The molecule has 1 N–H and O–H groups in total. The van der Waals surface area contributed by atoms with Crippen LogP contribution in [0.1, 0.15) is 23.6 Å². The molecule has 0 bridgehead atoms. The van der Waals surface area contributed by atoms with Crippen LogP contribution in [0.3, 0.4) is 0 Å². The zero-order valence-corrected chi connectivity index (χ0v) is 13.7. The highest BCUT2D eigenvalue weighted by Gasteiger charge is 2.24. The average molecular weight is 331 g/mol. The van der Waals surface area contributed by atoms with Gasteiger partial charge in [0.05, 0.1) is 19.6 Å². The molecule has 0 saturated heterocycles. The first-order chi connectivity index (χ1) is 11.2. The van der Waals surface area contributed by atoms with Crippen molar-refractivity contribution in [3.63, 3.8) is 0 Å². The Morgan fingerprint density at radius 2 is 2.13 bits per heavy atom. The third-order valence-corrected chi connectivity index (χ3v) is 5.06. The topological polar surface area (TPSA) is 38.3 Å². The van der Waals surface area contributed by atoms with Gasteiger partial charge in [0.2, 0.25) is 5.91 Å². The summed E-state index contributed by atoms with van der Waals surface area (Å²) in [5.74, 6) is 1.21. The van der Waals surface area contributed by atoms with Gasteiger partial charge >= 0.3 is 0 Å². The van der Waals surface area contributed by atoms with E-state index in [-0.39, 0.29) is 24.2 Å². The Labute approximate surface area is 139 Å². The van der Waals surface area contributed by atoms with Crippen LogP contribution in [0.5, 0.6) is 5.75 Å². The molecule has 0 fully saturated rings. The van der Waals surface area contributed by atoms with Gasteiger partial charge < -0.3 is 10.1 Å². The second-order valence-corrected chi connectivity index (χ2v) is 6.51. The second kappa shape index (κ2) is 7.04. The Balaban J connectivity index is 1.73. The second-order valence-electron chi connectivity index (χ2n) is 5.40. The maximum Gasteiger partial charge on any atom is 0.225 e. The molecule has 0 aliphatic carbocycles. The lowest BCUT2D eigenvalue weighted by molar-refractivity contribution is -0.121. The van der Waals surface area contributed by atoms with E-state index >= 15 is 0 Å². The van der Waals surface area contributed by atoms with Gasteiger partial charge in [-0.15, -0.1) is 11.8 Å². The summed E-state index contributed by atoms with van der Waals surface area (Å²) in [5.41, 5.74) is 1.71. The van der Waals surface area contributed by atoms with Crippen molar-refractivity contribution >= 4 is 17.7 Å². The van der Waals surface area contributed by atoms with E-state index in [9.17, 15) is 9.18 Å². The standard InChI is InChI=1S/C18H18FNO2S/c1-22-16-8-3-2-5-12(16)11-17(21)20-15-9-10-23-18-13(15)6-4-7-14(18)19/h2-8,15H,9-11H2,1H3,(H,20,21). The number of para-hydroxylation sites is 1. The van der Waals surface area contributed by atoms with Gasteiger partial charge in [-0.25, -0.2) is 4.39 Å². The van der Waals surface area contributed by atoms with Gasteiger partial charge in [-0.2, -0.15) is 0 Å². The molecule has 1 aliphatic rings. The number of rotatable bonds is 4. The van der Waals surface area contributed by atoms with Crippen LogP contribution in [0.4, 0.5) is 4.39 Å². The van der Waals surface area contributed by atoms with Crippen LogP contribution >= 0.6 is 11.8 Å². The summed E-state index contributed by atoms with van der Waals surface area (Å²) in [6, 6.07) is 12.4. The molecule has 0 radical (unpaired) electrons. The zero-order chi connectivity index (χ0) is 16.2. The van der Waals surface area contributed by atoms with Crippen LogP contribution in [0.15, 0.2) is 47.4 Å². The fourth-order valence-corrected chi connectivity index (χ4v) is 3.94. The largest absolute Gasteiger partial charge is 0.496 e. The number of methoxy groups -OCH3 is 1. The molecule has 2 aromatic carbocycles. The van der Waals surface area contributed by atoms with Crippen molar-refractivity contribution in [1.82, 2.24) is 5.32 Å². The smallest absolute Gasteiger partial charge is 0.225 e. The average Bonchev–Trinajstić information content (AvgIpc) is 2.56. The van der Waals surface area contributed by atoms with Crippen LogP contribution in [-0.2, 0) is 11.2 Å². The number of carbonyl (C=O) groups excluding carboxylic acids is 1. The van der Waals surface area contributed by atoms with Gasteiger partial charge in [0.15, 0.2) is 0 Å². The minimum absolute atomic E-state index is 0.0818. The lowest BCUT2D eigenvalue weighted by atomic mass is 10.0. The summed E-state index contributed by atoms with van der Waals surface area (Å²) in [5, 5.41) is 3.03. The molecule has 1 unspecified atom stereocenters. The highest BCUT2D eigenvalue weighted by molar-refractivity contribution is 7.99. The van der Waals surface area contributed by atoms with Crippen molar-refractivity contribution in [3.8, 4) is 5.75 Å². The lowest BCUT2D eigenvalue weighted by Gasteiger charge is -2.26. The third-order valence-electron chi connectivity index (χ3n) is 3.90. The fraction of sp³-hybridized carbons (Fsp3) is 0.278. The van der Waals surface area contributed by atoms with Gasteiger partial charge in [-0.3, -0.25) is 4.79 Å². The molecule has 0 spiro atoms. The normalized spacial score (nSPS) is 16.5. The molecular formula is C18H18FNO2S. The summed E-state index contributed by atoms with van der Waals surface area (Å²) in [4.78, 5) is 13.0.